The fourth-order valence-electron chi connectivity index (χ4n) is 5.20. The summed E-state index contributed by atoms with van der Waals surface area (Å²) in [5, 5.41) is 4.16. The average molecular weight is 447 g/mol. The molecule has 0 N–H and O–H groups in total. The van der Waals surface area contributed by atoms with Crippen LogP contribution in [0.4, 0.5) is 0 Å². The van der Waals surface area contributed by atoms with E-state index in [1.807, 2.05) is 84.9 Å². The van der Waals surface area contributed by atoms with Gasteiger partial charge < -0.3 is 9.47 Å². The van der Waals surface area contributed by atoms with Crippen LogP contribution < -0.4 is 0 Å². The van der Waals surface area contributed by atoms with Crippen LogP contribution in [0.2, 0.25) is 0 Å². The molecule has 4 aromatic carbocycles. The zero-order valence-electron chi connectivity index (χ0n) is 18.9. The van der Waals surface area contributed by atoms with Crippen LogP contribution in [0.1, 0.15) is 37.2 Å². The fourth-order valence-corrected chi connectivity index (χ4v) is 5.20. The largest absolute Gasteiger partial charge is 0.449 e. The van der Waals surface area contributed by atoms with Gasteiger partial charge in [-0.05, 0) is 35.4 Å². The van der Waals surface area contributed by atoms with Gasteiger partial charge >= 0.3 is 11.9 Å². The monoisotopic (exact) mass is 446 g/mol. The molecule has 0 radical (unpaired) electrons. The minimum Gasteiger partial charge on any atom is -0.449 e. The van der Waals surface area contributed by atoms with E-state index in [0.717, 1.165) is 43.8 Å². The molecule has 4 heteroatoms. The molecule has 0 aromatic heterocycles. The summed E-state index contributed by atoms with van der Waals surface area (Å²) < 4.78 is 11.9. The quantitative estimate of drug-likeness (QED) is 0.336. The second-order valence-electron chi connectivity index (χ2n) is 8.78. The summed E-state index contributed by atoms with van der Waals surface area (Å²) in [5.41, 5.74) is 4.26. The van der Waals surface area contributed by atoms with Crippen LogP contribution in [0.3, 0.4) is 0 Å². The third kappa shape index (κ3) is 2.99. The molecule has 34 heavy (non-hydrogen) atoms. The highest BCUT2D eigenvalue weighted by Gasteiger charge is 2.44. The molecule has 2 aliphatic rings. The zero-order valence-corrected chi connectivity index (χ0v) is 18.9. The van der Waals surface area contributed by atoms with Crippen LogP contribution in [-0.4, -0.2) is 11.9 Å². The molecule has 2 aliphatic heterocycles. The van der Waals surface area contributed by atoms with Gasteiger partial charge in [-0.15, -0.1) is 0 Å². The summed E-state index contributed by atoms with van der Waals surface area (Å²) in [6.45, 7) is 3.54. The van der Waals surface area contributed by atoms with Crippen LogP contribution in [0.5, 0.6) is 0 Å². The number of esters is 2. The SMILES string of the molecule is CC1=C(C2=C(C)C(=O)OC2c2cccc3ccccc23)C(c2cccc3ccccc23)OC1=O. The van der Waals surface area contributed by atoms with Crippen molar-refractivity contribution in [2.75, 3.05) is 0 Å². The number of ether oxygens (including phenoxy) is 2. The molecule has 0 amide bonds. The Bertz CT molecular complexity index is 1440. The minimum absolute atomic E-state index is 0.371. The number of hydrogen-bond acceptors (Lipinski definition) is 4. The van der Waals surface area contributed by atoms with Gasteiger partial charge in [0.25, 0.3) is 0 Å². The molecule has 166 valence electrons. The van der Waals surface area contributed by atoms with Crippen LogP contribution in [0.15, 0.2) is 107 Å². The van der Waals surface area contributed by atoms with Gasteiger partial charge in [0, 0.05) is 33.4 Å². The van der Waals surface area contributed by atoms with Crippen LogP contribution in [-0.2, 0) is 19.1 Å². The van der Waals surface area contributed by atoms with Crippen molar-refractivity contribution in [2.24, 2.45) is 0 Å². The molecule has 2 heterocycles. The Hall–Kier alpha value is -4.18. The van der Waals surface area contributed by atoms with Gasteiger partial charge in [0.15, 0.2) is 12.2 Å². The summed E-state index contributed by atoms with van der Waals surface area (Å²) in [4.78, 5) is 25.8. The second kappa shape index (κ2) is 7.70. The lowest BCUT2D eigenvalue weighted by Crippen LogP contribution is -2.10. The Balaban J connectivity index is 1.57. The predicted octanol–water partition coefficient (Wildman–Crippen LogP) is 6.52. The molecule has 0 bridgehead atoms. The van der Waals surface area contributed by atoms with E-state index in [1.54, 1.807) is 13.8 Å². The standard InChI is InChI=1S/C30H22O4/c1-17-25(27(33-29(17)31)23-15-7-11-19-9-3-5-13-21(19)23)26-18(2)30(32)34-28(26)24-16-8-12-20-10-4-6-14-22(20)24/h3-16,27-28H,1-2H3. The number of carbonyl (C=O) groups excluding carboxylic acids is 2. The van der Waals surface area contributed by atoms with Crippen molar-refractivity contribution in [3.63, 3.8) is 0 Å². The van der Waals surface area contributed by atoms with Crippen molar-refractivity contribution in [1.82, 2.24) is 0 Å². The van der Waals surface area contributed by atoms with E-state index in [2.05, 4.69) is 0 Å². The van der Waals surface area contributed by atoms with Crippen LogP contribution in [0.25, 0.3) is 21.5 Å². The van der Waals surface area contributed by atoms with E-state index < -0.39 is 12.2 Å². The maximum absolute atomic E-state index is 12.9. The lowest BCUT2D eigenvalue weighted by Gasteiger charge is -2.22. The highest BCUT2D eigenvalue weighted by molar-refractivity contribution is 6.00. The molecule has 0 spiro atoms. The highest BCUT2D eigenvalue weighted by atomic mass is 16.6. The van der Waals surface area contributed by atoms with Gasteiger partial charge in [-0.3, -0.25) is 0 Å². The van der Waals surface area contributed by atoms with Gasteiger partial charge in [0.2, 0.25) is 0 Å². The van der Waals surface area contributed by atoms with Crippen molar-refractivity contribution >= 4 is 33.5 Å². The molecule has 0 aliphatic carbocycles. The first kappa shape index (κ1) is 20.4. The second-order valence-corrected chi connectivity index (χ2v) is 8.78. The van der Waals surface area contributed by atoms with Gasteiger partial charge in [-0.1, -0.05) is 84.9 Å². The molecule has 2 atom stereocenters. The molecule has 0 saturated heterocycles. The molecule has 6 rings (SSSR count). The Morgan fingerprint density at radius 1 is 0.529 bits per heavy atom. The number of rotatable bonds is 3. The first-order valence-electron chi connectivity index (χ1n) is 11.3. The van der Waals surface area contributed by atoms with E-state index in [0.29, 0.717) is 11.1 Å². The molecule has 4 aromatic rings. The van der Waals surface area contributed by atoms with Crippen LogP contribution in [0, 0.1) is 0 Å². The summed E-state index contributed by atoms with van der Waals surface area (Å²) in [6.07, 6.45) is -1.23. The number of fused-ring (bicyclic) bond motifs is 2. The third-order valence-electron chi connectivity index (χ3n) is 6.90. The van der Waals surface area contributed by atoms with Gasteiger partial charge in [0.05, 0.1) is 0 Å². The zero-order chi connectivity index (χ0) is 23.4. The Kier molecular flexibility index (Phi) is 4.63. The molecule has 4 nitrogen and oxygen atoms in total. The van der Waals surface area contributed by atoms with E-state index in [-0.39, 0.29) is 11.9 Å². The van der Waals surface area contributed by atoms with Crippen molar-refractivity contribution in [2.45, 2.75) is 26.1 Å². The lowest BCUT2D eigenvalue weighted by atomic mass is 9.84. The first-order valence-corrected chi connectivity index (χ1v) is 11.3. The lowest BCUT2D eigenvalue weighted by molar-refractivity contribution is -0.141. The topological polar surface area (TPSA) is 52.6 Å². The molecule has 0 fully saturated rings. The van der Waals surface area contributed by atoms with E-state index >= 15 is 0 Å². The Morgan fingerprint density at radius 3 is 1.35 bits per heavy atom. The van der Waals surface area contributed by atoms with Crippen molar-refractivity contribution < 1.29 is 19.1 Å². The maximum Gasteiger partial charge on any atom is 0.335 e. The van der Waals surface area contributed by atoms with Gasteiger partial charge in [-0.2, -0.15) is 0 Å². The average Bonchev–Trinajstić information content (AvgIpc) is 3.32. The number of cyclic esters (lactones) is 2. The molecular formula is C30H22O4. The molecule has 0 saturated carbocycles. The van der Waals surface area contributed by atoms with E-state index in [9.17, 15) is 9.59 Å². The predicted molar refractivity (Wildman–Crippen MR) is 131 cm³/mol. The number of hydrogen-bond donors (Lipinski definition) is 0. The van der Waals surface area contributed by atoms with Crippen molar-refractivity contribution in [3.05, 3.63) is 118 Å². The van der Waals surface area contributed by atoms with Crippen LogP contribution >= 0.6 is 0 Å². The van der Waals surface area contributed by atoms with Gasteiger partial charge in [0.1, 0.15) is 0 Å². The Morgan fingerprint density at radius 2 is 0.912 bits per heavy atom. The third-order valence-corrected chi connectivity index (χ3v) is 6.90. The summed E-state index contributed by atoms with van der Waals surface area (Å²) in [5.74, 6) is -0.742. The van der Waals surface area contributed by atoms with Crippen molar-refractivity contribution in [1.29, 1.82) is 0 Å². The summed E-state index contributed by atoms with van der Waals surface area (Å²) in [6, 6.07) is 28.1. The summed E-state index contributed by atoms with van der Waals surface area (Å²) in [7, 11) is 0. The van der Waals surface area contributed by atoms with E-state index in [4.69, 9.17) is 9.47 Å². The smallest absolute Gasteiger partial charge is 0.335 e. The number of benzene rings is 4. The molecule has 2 unspecified atom stereocenters. The molecular weight excluding hydrogens is 424 g/mol. The number of carbonyl (C=O) groups is 2. The highest BCUT2D eigenvalue weighted by Crippen LogP contribution is 2.50. The van der Waals surface area contributed by atoms with Gasteiger partial charge in [-0.25, -0.2) is 9.59 Å². The minimum atomic E-state index is -0.615. The Labute approximate surface area is 197 Å². The normalized spacial score (nSPS) is 20.4. The van der Waals surface area contributed by atoms with Crippen molar-refractivity contribution in [3.8, 4) is 0 Å². The maximum atomic E-state index is 12.9. The summed E-state index contributed by atoms with van der Waals surface area (Å²) >= 11 is 0. The fraction of sp³-hybridized carbons (Fsp3) is 0.133. The van der Waals surface area contributed by atoms with E-state index in [1.165, 1.54) is 0 Å². The first-order chi connectivity index (χ1) is 16.5.